The molecule has 6 atom stereocenters. The Labute approximate surface area is 212 Å². The van der Waals surface area contributed by atoms with Gasteiger partial charge in [0.15, 0.2) is 0 Å². The highest BCUT2D eigenvalue weighted by atomic mass is 16.5. The Kier molecular flexibility index (Phi) is 6.92. The van der Waals surface area contributed by atoms with Crippen LogP contribution >= 0.6 is 0 Å². The first-order chi connectivity index (χ1) is 17.1. The van der Waals surface area contributed by atoms with E-state index in [0.29, 0.717) is 18.5 Å². The Hall–Kier alpha value is -2.91. The van der Waals surface area contributed by atoms with Gasteiger partial charge in [-0.25, -0.2) is 0 Å². The molecular weight excluding hydrogens is 462 g/mol. The molecule has 2 unspecified atom stereocenters. The lowest BCUT2D eigenvalue weighted by Crippen LogP contribution is -2.58. The van der Waals surface area contributed by atoms with Crippen LogP contribution in [0.3, 0.4) is 0 Å². The van der Waals surface area contributed by atoms with Crippen LogP contribution in [-0.2, 0) is 19.1 Å². The summed E-state index contributed by atoms with van der Waals surface area (Å²) in [6.07, 6.45) is 2.47. The maximum atomic E-state index is 14.3. The number of fused-ring (bicyclic) bond motifs is 1. The molecule has 9 nitrogen and oxygen atoms in total. The van der Waals surface area contributed by atoms with E-state index in [1.54, 1.807) is 24.8 Å². The zero-order chi connectivity index (χ0) is 26.4. The number of carboxylic acids is 1. The normalized spacial score (nSPS) is 31.3. The topological polar surface area (TPSA) is 111 Å². The van der Waals surface area contributed by atoms with Crippen molar-refractivity contribution in [3.63, 3.8) is 0 Å². The van der Waals surface area contributed by atoms with E-state index in [2.05, 4.69) is 25.3 Å². The van der Waals surface area contributed by atoms with E-state index >= 15 is 0 Å². The van der Waals surface area contributed by atoms with Gasteiger partial charge in [0.1, 0.15) is 11.6 Å². The van der Waals surface area contributed by atoms with Gasteiger partial charge in [0.2, 0.25) is 5.91 Å². The molecule has 2 bridgehead atoms. The van der Waals surface area contributed by atoms with Gasteiger partial charge in [0.25, 0.3) is 5.91 Å². The van der Waals surface area contributed by atoms with Crippen LogP contribution in [0.4, 0.5) is 11.4 Å². The first kappa shape index (κ1) is 26.2. The highest BCUT2D eigenvalue weighted by molar-refractivity contribution is 6.05. The summed E-state index contributed by atoms with van der Waals surface area (Å²) in [6.45, 7) is 12.9. The average molecular weight is 500 g/mol. The number of aliphatic hydroxyl groups excluding tert-OH is 1. The Bertz CT molecular complexity index is 1040. The van der Waals surface area contributed by atoms with Crippen molar-refractivity contribution in [2.75, 3.05) is 36.0 Å². The number of aliphatic carboxylic acids is 1. The largest absolute Gasteiger partial charge is 0.481 e. The maximum Gasteiger partial charge on any atom is 0.310 e. The van der Waals surface area contributed by atoms with E-state index in [-0.39, 0.29) is 19.1 Å². The van der Waals surface area contributed by atoms with Crippen molar-refractivity contribution in [3.05, 3.63) is 36.9 Å². The molecule has 2 amide bonds. The average Bonchev–Trinajstić information content (AvgIpc) is 3.43. The van der Waals surface area contributed by atoms with E-state index in [9.17, 15) is 24.6 Å². The third-order valence-electron chi connectivity index (χ3n) is 8.32. The summed E-state index contributed by atoms with van der Waals surface area (Å²) in [5.74, 6) is -3.94. The van der Waals surface area contributed by atoms with Gasteiger partial charge in [-0.15, -0.1) is 6.58 Å². The predicted octanol–water partition coefficient (Wildman–Crippen LogP) is 2.28. The van der Waals surface area contributed by atoms with Crippen molar-refractivity contribution in [1.82, 2.24) is 4.90 Å². The fraction of sp³-hybridized carbons (Fsp3) is 0.593. The van der Waals surface area contributed by atoms with E-state index < -0.39 is 47.0 Å². The number of hydrogen-bond acceptors (Lipinski definition) is 6. The number of benzene rings is 1. The molecule has 3 aliphatic heterocycles. The van der Waals surface area contributed by atoms with Gasteiger partial charge in [-0.1, -0.05) is 6.08 Å². The molecule has 3 fully saturated rings. The van der Waals surface area contributed by atoms with Crippen molar-refractivity contribution in [2.24, 2.45) is 11.8 Å². The molecule has 196 valence electrons. The molecule has 1 aromatic rings. The van der Waals surface area contributed by atoms with E-state index in [4.69, 9.17) is 4.74 Å². The SMILES string of the molecule is C=CCN(C(=O)C1N([C@H](C)CO)C(=O)[C@@H]2[C@H](C(=O)O)[C@]3(C)CCC12O3)c1ccc(N(CC)CC)cc1. The lowest BCUT2D eigenvalue weighted by atomic mass is 9.66. The summed E-state index contributed by atoms with van der Waals surface area (Å²) < 4.78 is 6.41. The maximum absolute atomic E-state index is 14.3. The predicted molar refractivity (Wildman–Crippen MR) is 136 cm³/mol. The Balaban J connectivity index is 1.77. The van der Waals surface area contributed by atoms with Crippen LogP contribution in [0.1, 0.15) is 40.5 Å². The van der Waals surface area contributed by atoms with Gasteiger partial charge in [-0.3, -0.25) is 14.4 Å². The minimum Gasteiger partial charge on any atom is -0.481 e. The van der Waals surface area contributed by atoms with Crippen LogP contribution in [-0.4, -0.2) is 82.4 Å². The molecule has 1 aromatic carbocycles. The molecule has 0 aliphatic carbocycles. The van der Waals surface area contributed by atoms with Crippen LogP contribution in [0.15, 0.2) is 36.9 Å². The highest BCUT2D eigenvalue weighted by Gasteiger charge is 2.78. The number of likely N-dealkylation sites (tertiary alicyclic amines) is 1. The second-order valence-electron chi connectivity index (χ2n) is 10.3. The fourth-order valence-corrected chi connectivity index (χ4v) is 6.61. The molecule has 3 aliphatic rings. The van der Waals surface area contributed by atoms with Crippen LogP contribution in [0.2, 0.25) is 0 Å². The Morgan fingerprint density at radius 2 is 1.83 bits per heavy atom. The van der Waals surface area contributed by atoms with Gasteiger partial charge >= 0.3 is 5.97 Å². The van der Waals surface area contributed by atoms with Crippen molar-refractivity contribution in [3.8, 4) is 0 Å². The number of carboxylic acid groups (broad SMARTS) is 1. The summed E-state index contributed by atoms with van der Waals surface area (Å²) in [6, 6.07) is 5.93. The molecule has 1 spiro atoms. The smallest absolute Gasteiger partial charge is 0.310 e. The molecule has 3 saturated heterocycles. The van der Waals surface area contributed by atoms with E-state index in [0.717, 1.165) is 18.8 Å². The molecule has 2 N–H and O–H groups in total. The minimum absolute atomic E-state index is 0.204. The number of ether oxygens (including phenoxy) is 1. The second kappa shape index (κ2) is 9.52. The third-order valence-corrected chi connectivity index (χ3v) is 8.32. The van der Waals surface area contributed by atoms with Crippen LogP contribution in [0.5, 0.6) is 0 Å². The summed E-state index contributed by atoms with van der Waals surface area (Å²) in [7, 11) is 0. The molecular formula is C27H37N3O6. The monoisotopic (exact) mass is 499 g/mol. The third kappa shape index (κ3) is 3.71. The molecule has 0 radical (unpaired) electrons. The number of amides is 2. The Morgan fingerprint density at radius 3 is 2.36 bits per heavy atom. The summed E-state index contributed by atoms with van der Waals surface area (Å²) in [4.78, 5) is 45.5. The van der Waals surface area contributed by atoms with Gasteiger partial charge in [-0.05, 0) is 64.8 Å². The van der Waals surface area contributed by atoms with Crippen molar-refractivity contribution >= 4 is 29.2 Å². The molecule has 4 rings (SSSR count). The number of rotatable bonds is 10. The summed E-state index contributed by atoms with van der Waals surface area (Å²) in [5, 5.41) is 20.0. The first-order valence-electron chi connectivity index (χ1n) is 12.7. The minimum atomic E-state index is -1.25. The Morgan fingerprint density at radius 1 is 1.22 bits per heavy atom. The van der Waals surface area contributed by atoms with Crippen molar-refractivity contribution in [2.45, 2.75) is 63.8 Å². The summed E-state index contributed by atoms with van der Waals surface area (Å²) in [5.41, 5.74) is -0.590. The van der Waals surface area contributed by atoms with Crippen LogP contribution < -0.4 is 9.80 Å². The lowest BCUT2D eigenvalue weighted by Gasteiger charge is -2.38. The van der Waals surface area contributed by atoms with Gasteiger partial charge in [0, 0.05) is 31.0 Å². The van der Waals surface area contributed by atoms with E-state index in [1.165, 1.54) is 4.90 Å². The first-order valence-corrected chi connectivity index (χ1v) is 12.7. The standard InChI is InChI=1S/C27H37N3O6/c1-6-15-29(19-11-9-18(10-12-19)28(7-2)8-3)24(33)22-27-14-13-26(5,36-27)21(25(34)35)20(27)23(32)30(22)17(4)16-31/h6,9-12,17,20-22,31H,1,7-8,13-16H2,2-5H3,(H,34,35)/t17-,20+,21-,22?,26+,27?/m1/s1. The fourth-order valence-electron chi connectivity index (χ4n) is 6.61. The van der Waals surface area contributed by atoms with Gasteiger partial charge in [-0.2, -0.15) is 0 Å². The highest BCUT2D eigenvalue weighted by Crippen LogP contribution is 2.63. The second-order valence-corrected chi connectivity index (χ2v) is 10.3. The zero-order valence-electron chi connectivity index (χ0n) is 21.5. The number of nitrogens with zero attached hydrogens (tertiary/aromatic N) is 3. The number of hydrogen-bond donors (Lipinski definition) is 2. The lowest BCUT2D eigenvalue weighted by molar-refractivity contribution is -0.155. The molecule has 0 aromatic heterocycles. The quantitative estimate of drug-likeness (QED) is 0.475. The number of anilines is 2. The van der Waals surface area contributed by atoms with Crippen LogP contribution in [0.25, 0.3) is 0 Å². The molecule has 0 saturated carbocycles. The zero-order valence-corrected chi connectivity index (χ0v) is 21.5. The van der Waals surface area contributed by atoms with Crippen molar-refractivity contribution in [1.29, 1.82) is 0 Å². The number of aliphatic hydroxyl groups is 1. The van der Waals surface area contributed by atoms with Gasteiger partial charge in [0.05, 0.1) is 30.1 Å². The van der Waals surface area contributed by atoms with Gasteiger partial charge < -0.3 is 29.6 Å². The molecule has 36 heavy (non-hydrogen) atoms. The number of carbonyl (C=O) groups excluding carboxylic acids is 2. The summed E-state index contributed by atoms with van der Waals surface area (Å²) >= 11 is 0. The van der Waals surface area contributed by atoms with E-state index in [1.807, 2.05) is 24.3 Å². The number of carbonyl (C=O) groups is 3. The van der Waals surface area contributed by atoms with Crippen molar-refractivity contribution < 1.29 is 29.3 Å². The molecule has 9 heteroatoms. The molecule has 3 heterocycles. The van der Waals surface area contributed by atoms with Crippen LogP contribution in [0, 0.1) is 11.8 Å².